The summed E-state index contributed by atoms with van der Waals surface area (Å²) in [6, 6.07) is 7.27. The monoisotopic (exact) mass is 545 g/mol. The molecule has 0 bridgehead atoms. The number of Topliss-reactive ketones (excluding diaryl/α,β-unsaturated/α-hetero) is 1. The zero-order valence-corrected chi connectivity index (χ0v) is 23.3. The maximum Gasteiger partial charge on any atom is 0.256 e. The van der Waals surface area contributed by atoms with E-state index >= 15 is 0 Å². The molecule has 2 aromatic heterocycles. The maximum absolute atomic E-state index is 12.9. The molecule has 1 aromatic carbocycles. The molecule has 0 spiro atoms. The molecule has 1 N–H and O–H groups in total. The van der Waals surface area contributed by atoms with Crippen LogP contribution in [0, 0.1) is 5.92 Å². The van der Waals surface area contributed by atoms with E-state index in [2.05, 4.69) is 53.0 Å². The van der Waals surface area contributed by atoms with Gasteiger partial charge in [0.1, 0.15) is 24.4 Å². The molecule has 1 aliphatic rings. The van der Waals surface area contributed by atoms with Crippen LogP contribution < -0.4 is 5.32 Å². The van der Waals surface area contributed by atoms with Crippen molar-refractivity contribution in [3.8, 4) is 0 Å². The molecule has 5 atom stereocenters. The predicted molar refractivity (Wildman–Crippen MR) is 146 cm³/mol. The summed E-state index contributed by atoms with van der Waals surface area (Å²) < 4.78 is 18.5. The third-order valence-electron chi connectivity index (χ3n) is 6.43. The first-order chi connectivity index (χ1) is 17.9. The van der Waals surface area contributed by atoms with Crippen LogP contribution in [0.1, 0.15) is 61.7 Å². The van der Waals surface area contributed by atoms with Gasteiger partial charge in [0, 0.05) is 43.8 Å². The van der Waals surface area contributed by atoms with Crippen molar-refractivity contribution in [1.29, 1.82) is 0 Å². The summed E-state index contributed by atoms with van der Waals surface area (Å²) in [6.45, 7) is 4.61. The van der Waals surface area contributed by atoms with Crippen molar-refractivity contribution >= 4 is 47.6 Å². The molecule has 4 rings (SSSR count). The molecule has 10 nitrogen and oxygen atoms in total. The molecule has 0 radical (unpaired) electrons. The number of ether oxygens (including phenoxy) is 1. The van der Waals surface area contributed by atoms with Gasteiger partial charge in [0.2, 0.25) is 0 Å². The van der Waals surface area contributed by atoms with E-state index in [1.54, 1.807) is 18.5 Å². The Morgan fingerprint density at radius 2 is 1.95 bits per heavy atom. The number of benzene rings is 1. The maximum atomic E-state index is 12.9. The van der Waals surface area contributed by atoms with Crippen molar-refractivity contribution in [1.82, 2.24) is 19.5 Å². The topological polar surface area (TPSA) is 117 Å². The van der Waals surface area contributed by atoms with Crippen LogP contribution in [0.4, 0.5) is 5.82 Å². The fraction of sp³-hybridized carbons (Fsp3) is 0.480. The third kappa shape index (κ3) is 6.95. The van der Waals surface area contributed by atoms with E-state index in [4.69, 9.17) is 13.8 Å². The second-order valence-electron chi connectivity index (χ2n) is 9.54. The highest BCUT2D eigenvalue weighted by Crippen LogP contribution is 2.34. The molecule has 1 amide bonds. The van der Waals surface area contributed by atoms with E-state index in [1.807, 2.05) is 16.7 Å². The van der Waals surface area contributed by atoms with Gasteiger partial charge in [0.25, 0.3) is 5.91 Å². The molecular formula is C25H33N5O5P2. The quantitative estimate of drug-likeness (QED) is 0.335. The largest absolute Gasteiger partial charge is 0.363 e. The average Bonchev–Trinajstić information content (AvgIpc) is 3.51. The highest BCUT2D eigenvalue weighted by Gasteiger charge is 2.37. The molecule has 0 saturated carbocycles. The highest BCUT2D eigenvalue weighted by atomic mass is 31.0. The standard InChI is InChI=1S/C25H33N5O5P2/c1-15(2)3-9-18(31)10-6-16-4-7-17(8-5-16)25(32)29-23-22-24(27-13-26-23)30(14-28-22)21-11-19(35-37)20(34-21)12-33-36/h4-5,7-8,13-15,19-21H,3,6,9-12,36-37H2,1-2H3,(H,26,27,29,32)/t19-,20-,21-/m1/s1. The Balaban J connectivity index is 1.40. The Morgan fingerprint density at radius 3 is 2.65 bits per heavy atom. The first kappa shape index (κ1) is 27.7. The number of fused-ring (bicyclic) bond motifs is 1. The Bertz CT molecular complexity index is 1220. The Hall–Kier alpha value is -2.35. The normalized spacial score (nSPS) is 19.5. The van der Waals surface area contributed by atoms with Crippen LogP contribution >= 0.6 is 18.9 Å². The Morgan fingerprint density at radius 1 is 1.16 bits per heavy atom. The summed E-state index contributed by atoms with van der Waals surface area (Å²) in [4.78, 5) is 38.0. The van der Waals surface area contributed by atoms with Gasteiger partial charge in [-0.2, -0.15) is 0 Å². The number of hydrogen-bond donors (Lipinski definition) is 1. The Labute approximate surface area is 220 Å². The number of carbonyl (C=O) groups is 2. The van der Waals surface area contributed by atoms with E-state index < -0.39 is 0 Å². The molecule has 1 aliphatic heterocycles. The number of rotatable bonds is 12. The molecule has 12 heteroatoms. The molecule has 1 fully saturated rings. The molecular weight excluding hydrogens is 512 g/mol. The van der Waals surface area contributed by atoms with Gasteiger partial charge in [-0.1, -0.05) is 26.0 Å². The van der Waals surface area contributed by atoms with Crippen LogP contribution in [-0.4, -0.2) is 50.0 Å². The molecule has 0 aliphatic carbocycles. The smallest absolute Gasteiger partial charge is 0.256 e. The lowest BCUT2D eigenvalue weighted by atomic mass is 10.0. The molecule has 1 saturated heterocycles. The van der Waals surface area contributed by atoms with Gasteiger partial charge in [-0.3, -0.25) is 14.2 Å². The minimum atomic E-state index is -0.344. The van der Waals surface area contributed by atoms with E-state index in [1.165, 1.54) is 6.33 Å². The minimum absolute atomic E-state index is 0.157. The first-order valence-corrected chi connectivity index (χ1v) is 13.3. The first-order valence-electron chi connectivity index (χ1n) is 12.3. The lowest BCUT2D eigenvalue weighted by Crippen LogP contribution is -2.25. The van der Waals surface area contributed by atoms with E-state index in [-0.39, 0.29) is 30.1 Å². The van der Waals surface area contributed by atoms with Gasteiger partial charge in [-0.15, -0.1) is 0 Å². The number of aromatic nitrogens is 4. The third-order valence-corrected chi connectivity index (χ3v) is 6.97. The van der Waals surface area contributed by atoms with Gasteiger partial charge in [0.15, 0.2) is 17.0 Å². The van der Waals surface area contributed by atoms with Gasteiger partial charge < -0.3 is 19.1 Å². The number of nitrogens with zero attached hydrogens (tertiary/aromatic N) is 4. The number of aryl methyl sites for hydroxylation is 1. The van der Waals surface area contributed by atoms with Gasteiger partial charge in [0.05, 0.1) is 19.0 Å². The molecule has 198 valence electrons. The second-order valence-corrected chi connectivity index (χ2v) is 10.1. The average molecular weight is 546 g/mol. The fourth-order valence-corrected chi connectivity index (χ4v) is 4.75. The van der Waals surface area contributed by atoms with Crippen LogP contribution in [0.2, 0.25) is 0 Å². The van der Waals surface area contributed by atoms with E-state index in [0.717, 1.165) is 12.0 Å². The number of hydrogen-bond acceptors (Lipinski definition) is 8. The number of ketones is 1. The summed E-state index contributed by atoms with van der Waals surface area (Å²) in [5.74, 6) is 0.809. The molecule has 37 heavy (non-hydrogen) atoms. The molecule has 3 heterocycles. The number of carbonyl (C=O) groups excluding carboxylic acids is 2. The summed E-state index contributed by atoms with van der Waals surface area (Å²) in [7, 11) is 4.50. The van der Waals surface area contributed by atoms with Crippen molar-refractivity contribution in [3.63, 3.8) is 0 Å². The molecule has 3 aromatic rings. The summed E-state index contributed by atoms with van der Waals surface area (Å²) in [6.07, 6.45) is 5.58. The zero-order chi connectivity index (χ0) is 26.4. The predicted octanol–water partition coefficient (Wildman–Crippen LogP) is 4.29. The van der Waals surface area contributed by atoms with Crippen molar-refractivity contribution < 1.29 is 23.4 Å². The summed E-state index contributed by atoms with van der Waals surface area (Å²) in [5.41, 5.74) is 2.51. The minimum Gasteiger partial charge on any atom is -0.363 e. The van der Waals surface area contributed by atoms with Gasteiger partial charge in [-0.05, 0) is 36.5 Å². The zero-order valence-electron chi connectivity index (χ0n) is 21.0. The number of anilines is 1. The van der Waals surface area contributed by atoms with Gasteiger partial charge in [-0.25, -0.2) is 15.0 Å². The summed E-state index contributed by atoms with van der Waals surface area (Å²) in [5, 5.41) is 2.84. The van der Waals surface area contributed by atoms with Crippen LogP contribution in [-0.2, 0) is 25.0 Å². The second kappa shape index (κ2) is 12.9. The highest BCUT2D eigenvalue weighted by molar-refractivity contribution is 7.10. The van der Waals surface area contributed by atoms with Crippen LogP contribution in [0.25, 0.3) is 11.2 Å². The van der Waals surface area contributed by atoms with Crippen molar-refractivity contribution in [2.45, 2.75) is 64.4 Å². The number of nitrogens with one attached hydrogen (secondary N) is 1. The summed E-state index contributed by atoms with van der Waals surface area (Å²) >= 11 is 0. The molecule has 2 unspecified atom stereocenters. The van der Waals surface area contributed by atoms with Crippen LogP contribution in [0.15, 0.2) is 36.9 Å². The number of amides is 1. The van der Waals surface area contributed by atoms with Gasteiger partial charge >= 0.3 is 0 Å². The van der Waals surface area contributed by atoms with Crippen LogP contribution in [0.5, 0.6) is 0 Å². The number of imidazole rings is 1. The SMILES string of the molecule is CC(C)CCC(=O)CCc1ccc(C(=O)Nc2ncnc3c2ncn3[C@H]2C[C@@H](OP)[C@@H](COP)O2)cc1. The van der Waals surface area contributed by atoms with E-state index in [0.29, 0.717) is 60.8 Å². The lowest BCUT2D eigenvalue weighted by molar-refractivity contribution is -0.119. The van der Waals surface area contributed by atoms with E-state index in [9.17, 15) is 9.59 Å². The van der Waals surface area contributed by atoms with Crippen molar-refractivity contribution in [2.24, 2.45) is 5.92 Å². The van der Waals surface area contributed by atoms with Crippen LogP contribution in [0.3, 0.4) is 0 Å². The van der Waals surface area contributed by atoms with Crippen molar-refractivity contribution in [2.75, 3.05) is 11.9 Å². The van der Waals surface area contributed by atoms with Crippen molar-refractivity contribution in [3.05, 3.63) is 48.0 Å². The fourth-order valence-electron chi connectivity index (χ4n) is 4.27. The lowest BCUT2D eigenvalue weighted by Gasteiger charge is -2.15. The Kier molecular flexibility index (Phi) is 9.68.